The van der Waals surface area contributed by atoms with Gasteiger partial charge in [-0.3, -0.25) is 4.79 Å². The molecule has 1 heterocycles. The van der Waals surface area contributed by atoms with Gasteiger partial charge < -0.3 is 14.8 Å². The van der Waals surface area contributed by atoms with Gasteiger partial charge in [-0.05, 0) is 65.2 Å². The van der Waals surface area contributed by atoms with E-state index in [4.69, 9.17) is 14.7 Å². The summed E-state index contributed by atoms with van der Waals surface area (Å²) in [5.41, 5.74) is 3.13. The summed E-state index contributed by atoms with van der Waals surface area (Å²) >= 11 is 3.42. The van der Waals surface area contributed by atoms with E-state index in [0.717, 1.165) is 5.56 Å². The van der Waals surface area contributed by atoms with E-state index in [1.54, 1.807) is 31.3 Å². The van der Waals surface area contributed by atoms with Crippen LogP contribution in [0.2, 0.25) is 0 Å². The van der Waals surface area contributed by atoms with Crippen LogP contribution in [0.1, 0.15) is 27.0 Å². The number of benzene rings is 2. The van der Waals surface area contributed by atoms with Crippen molar-refractivity contribution < 1.29 is 14.3 Å². The molecule has 0 radical (unpaired) electrons. The maximum atomic E-state index is 13.0. The van der Waals surface area contributed by atoms with E-state index in [2.05, 4.69) is 26.2 Å². The Balaban J connectivity index is 2.00. The molecule has 1 aromatic heterocycles. The smallest absolute Gasteiger partial charge is 0.261 e. The first-order valence-electron chi connectivity index (χ1n) is 8.72. The van der Waals surface area contributed by atoms with Crippen LogP contribution in [0.5, 0.6) is 17.4 Å². The third kappa shape index (κ3) is 4.55. The highest BCUT2D eigenvalue weighted by molar-refractivity contribution is 9.10. The number of carbonyl (C=O) groups excluding carboxylic acids is 1. The Morgan fingerprint density at radius 1 is 1.17 bits per heavy atom. The molecule has 0 atom stereocenters. The van der Waals surface area contributed by atoms with E-state index in [1.165, 1.54) is 7.11 Å². The number of amides is 1. The first-order chi connectivity index (χ1) is 13.9. The Hall–Kier alpha value is -3.37. The van der Waals surface area contributed by atoms with E-state index in [9.17, 15) is 4.79 Å². The zero-order valence-electron chi connectivity index (χ0n) is 16.1. The third-order valence-electron chi connectivity index (χ3n) is 4.24. The molecule has 6 nitrogen and oxygen atoms in total. The zero-order chi connectivity index (χ0) is 21.0. The van der Waals surface area contributed by atoms with Gasteiger partial charge in [0.2, 0.25) is 5.88 Å². The van der Waals surface area contributed by atoms with Crippen LogP contribution >= 0.6 is 15.9 Å². The summed E-state index contributed by atoms with van der Waals surface area (Å²) in [6, 6.07) is 14.3. The van der Waals surface area contributed by atoms with Crippen LogP contribution < -0.4 is 14.8 Å². The Labute approximate surface area is 177 Å². The molecule has 0 unspecified atom stereocenters. The Morgan fingerprint density at radius 2 is 1.97 bits per heavy atom. The number of hydrogen-bond acceptors (Lipinski definition) is 5. The molecule has 1 amide bonds. The molecule has 2 aromatic carbocycles. The van der Waals surface area contributed by atoms with Crippen molar-refractivity contribution in [3.05, 3.63) is 75.4 Å². The van der Waals surface area contributed by atoms with Gasteiger partial charge in [-0.25, -0.2) is 4.98 Å². The highest BCUT2D eigenvalue weighted by Gasteiger charge is 2.21. The minimum absolute atomic E-state index is 0.138. The lowest BCUT2D eigenvalue weighted by Gasteiger charge is -2.15. The topological polar surface area (TPSA) is 84.2 Å². The SMILES string of the molecule is COc1cc(C#N)ccc1Oc1ncc(Br)c(C)c1C(=O)Nc1cccc(C)c1. The maximum Gasteiger partial charge on any atom is 0.261 e. The number of aryl methyl sites for hydroxylation is 1. The van der Waals surface area contributed by atoms with Crippen molar-refractivity contribution in [2.24, 2.45) is 0 Å². The normalized spacial score (nSPS) is 10.2. The molecule has 3 aromatic rings. The quantitative estimate of drug-likeness (QED) is 0.562. The van der Waals surface area contributed by atoms with Crippen molar-refractivity contribution >= 4 is 27.5 Å². The number of nitriles is 1. The molecule has 0 bridgehead atoms. The molecule has 0 aliphatic heterocycles. The predicted molar refractivity (Wildman–Crippen MR) is 114 cm³/mol. The van der Waals surface area contributed by atoms with Gasteiger partial charge in [0.25, 0.3) is 5.91 Å². The van der Waals surface area contributed by atoms with Gasteiger partial charge >= 0.3 is 0 Å². The fourth-order valence-corrected chi connectivity index (χ4v) is 3.04. The third-order valence-corrected chi connectivity index (χ3v) is 5.04. The summed E-state index contributed by atoms with van der Waals surface area (Å²) in [6.45, 7) is 3.76. The van der Waals surface area contributed by atoms with Crippen LogP contribution in [0.25, 0.3) is 0 Å². The van der Waals surface area contributed by atoms with Crippen molar-refractivity contribution in [3.8, 4) is 23.4 Å². The number of aromatic nitrogens is 1. The molecule has 7 heteroatoms. The molecule has 0 saturated heterocycles. The summed E-state index contributed by atoms with van der Waals surface area (Å²) in [5.74, 6) is 0.519. The van der Waals surface area contributed by atoms with E-state index >= 15 is 0 Å². The zero-order valence-corrected chi connectivity index (χ0v) is 17.7. The second-order valence-electron chi connectivity index (χ2n) is 6.31. The molecule has 0 fully saturated rings. The number of pyridine rings is 1. The molecule has 0 spiro atoms. The van der Waals surface area contributed by atoms with Gasteiger partial charge in [0.05, 0.1) is 18.7 Å². The summed E-state index contributed by atoms with van der Waals surface area (Å²) in [7, 11) is 1.48. The number of ether oxygens (including phenoxy) is 2. The first kappa shape index (κ1) is 20.4. The molecule has 29 heavy (non-hydrogen) atoms. The Kier molecular flexibility index (Phi) is 6.15. The maximum absolute atomic E-state index is 13.0. The molecule has 146 valence electrons. The number of carbonyl (C=O) groups is 1. The van der Waals surface area contributed by atoms with Crippen molar-refractivity contribution in [3.63, 3.8) is 0 Å². The number of anilines is 1. The highest BCUT2D eigenvalue weighted by Crippen LogP contribution is 2.35. The molecule has 0 aliphatic rings. The number of halogens is 1. The molecule has 3 rings (SSSR count). The van der Waals surface area contributed by atoms with Gasteiger partial charge in [-0.15, -0.1) is 0 Å². The van der Waals surface area contributed by atoms with Gasteiger partial charge in [0.1, 0.15) is 5.56 Å². The van der Waals surface area contributed by atoms with E-state index in [0.29, 0.717) is 38.3 Å². The van der Waals surface area contributed by atoms with Crippen LogP contribution in [0.4, 0.5) is 5.69 Å². The Morgan fingerprint density at radius 3 is 2.66 bits per heavy atom. The summed E-state index contributed by atoms with van der Waals surface area (Å²) in [5, 5.41) is 12.0. The molecule has 0 saturated carbocycles. The summed E-state index contributed by atoms with van der Waals surface area (Å²) in [6.07, 6.45) is 1.57. The number of rotatable bonds is 5. The lowest BCUT2D eigenvalue weighted by Crippen LogP contribution is -2.16. The van der Waals surface area contributed by atoms with Gasteiger partial charge in [-0.2, -0.15) is 5.26 Å². The average Bonchev–Trinajstić information content (AvgIpc) is 2.71. The number of hydrogen-bond donors (Lipinski definition) is 1. The predicted octanol–water partition coefficient (Wildman–Crippen LogP) is 5.39. The van der Waals surface area contributed by atoms with Crippen LogP contribution in [0.15, 0.2) is 53.1 Å². The molecule has 0 aliphatic carbocycles. The van der Waals surface area contributed by atoms with Gasteiger partial charge in [0.15, 0.2) is 11.5 Å². The standard InChI is InChI=1S/C22H18BrN3O3/c1-13-5-4-6-16(9-13)26-21(27)20-14(2)17(23)12-25-22(20)29-18-8-7-15(11-24)10-19(18)28-3/h4-10,12H,1-3H3,(H,26,27). The van der Waals surface area contributed by atoms with Crippen LogP contribution in [-0.4, -0.2) is 18.0 Å². The fourth-order valence-electron chi connectivity index (χ4n) is 2.74. The lowest BCUT2D eigenvalue weighted by molar-refractivity contribution is 0.102. The monoisotopic (exact) mass is 451 g/mol. The fraction of sp³-hybridized carbons (Fsp3) is 0.136. The van der Waals surface area contributed by atoms with E-state index < -0.39 is 0 Å². The minimum Gasteiger partial charge on any atom is -0.493 e. The average molecular weight is 452 g/mol. The Bertz CT molecular complexity index is 1120. The van der Waals surface area contributed by atoms with Gasteiger partial charge in [-0.1, -0.05) is 12.1 Å². The first-order valence-corrected chi connectivity index (χ1v) is 9.51. The minimum atomic E-state index is -0.343. The second kappa shape index (κ2) is 8.76. The van der Waals surface area contributed by atoms with Gasteiger partial charge in [0, 0.05) is 22.4 Å². The van der Waals surface area contributed by atoms with E-state index in [1.807, 2.05) is 37.3 Å². The number of nitrogens with zero attached hydrogens (tertiary/aromatic N) is 2. The van der Waals surface area contributed by atoms with Crippen molar-refractivity contribution in [1.82, 2.24) is 4.98 Å². The van der Waals surface area contributed by atoms with E-state index in [-0.39, 0.29) is 11.8 Å². The number of nitrogens with one attached hydrogen (secondary N) is 1. The second-order valence-corrected chi connectivity index (χ2v) is 7.17. The molecule has 1 N–H and O–H groups in total. The van der Waals surface area contributed by atoms with Crippen LogP contribution in [0.3, 0.4) is 0 Å². The van der Waals surface area contributed by atoms with Crippen LogP contribution in [-0.2, 0) is 0 Å². The number of methoxy groups -OCH3 is 1. The van der Waals surface area contributed by atoms with Crippen molar-refractivity contribution in [1.29, 1.82) is 5.26 Å². The summed E-state index contributed by atoms with van der Waals surface area (Å²) < 4.78 is 11.9. The summed E-state index contributed by atoms with van der Waals surface area (Å²) in [4.78, 5) is 17.3. The van der Waals surface area contributed by atoms with Crippen molar-refractivity contribution in [2.75, 3.05) is 12.4 Å². The molecular weight excluding hydrogens is 434 g/mol. The van der Waals surface area contributed by atoms with Crippen LogP contribution in [0, 0.1) is 25.2 Å². The van der Waals surface area contributed by atoms with Crippen molar-refractivity contribution in [2.45, 2.75) is 13.8 Å². The lowest BCUT2D eigenvalue weighted by atomic mass is 10.1. The highest BCUT2D eigenvalue weighted by atomic mass is 79.9. The molecular formula is C22H18BrN3O3. The largest absolute Gasteiger partial charge is 0.493 e.